The summed E-state index contributed by atoms with van der Waals surface area (Å²) in [5.74, 6) is 1.03. The molecule has 0 aliphatic heterocycles. The quantitative estimate of drug-likeness (QED) is 0.721. The standard InChI is InChI=1S/C16H32N4O/c1-7-16(8-2,21-10-4)14(17-9-3)11-15-18-12-19-20(15)13(5)6/h12-14,17H,7-11H2,1-6H3. The first-order chi connectivity index (χ1) is 10.0. The highest BCUT2D eigenvalue weighted by Crippen LogP contribution is 2.27. The molecule has 122 valence electrons. The molecule has 21 heavy (non-hydrogen) atoms. The first-order valence-electron chi connectivity index (χ1n) is 8.30. The minimum atomic E-state index is -0.140. The lowest BCUT2D eigenvalue weighted by Gasteiger charge is -2.40. The highest BCUT2D eigenvalue weighted by atomic mass is 16.5. The number of nitrogens with zero attached hydrogens (tertiary/aromatic N) is 3. The maximum Gasteiger partial charge on any atom is 0.138 e. The van der Waals surface area contributed by atoms with E-state index in [2.05, 4.69) is 56.9 Å². The maximum absolute atomic E-state index is 6.17. The fourth-order valence-electron chi connectivity index (χ4n) is 3.06. The average Bonchev–Trinajstić information content (AvgIpc) is 2.93. The number of rotatable bonds is 10. The number of nitrogens with one attached hydrogen (secondary N) is 1. The van der Waals surface area contributed by atoms with Crippen LogP contribution in [0.25, 0.3) is 0 Å². The number of ether oxygens (including phenoxy) is 1. The van der Waals surface area contributed by atoms with Crippen molar-refractivity contribution in [3.63, 3.8) is 0 Å². The van der Waals surface area contributed by atoms with Gasteiger partial charge in [-0.1, -0.05) is 20.8 Å². The largest absolute Gasteiger partial charge is 0.374 e. The highest BCUT2D eigenvalue weighted by molar-refractivity contribution is 5.00. The van der Waals surface area contributed by atoms with Crippen molar-refractivity contribution >= 4 is 0 Å². The van der Waals surface area contributed by atoms with Crippen LogP contribution in [-0.4, -0.2) is 39.6 Å². The number of hydrogen-bond donors (Lipinski definition) is 1. The van der Waals surface area contributed by atoms with E-state index in [-0.39, 0.29) is 11.6 Å². The molecule has 0 saturated carbocycles. The van der Waals surface area contributed by atoms with Crippen LogP contribution in [0.15, 0.2) is 6.33 Å². The maximum atomic E-state index is 6.17. The third kappa shape index (κ3) is 4.27. The molecule has 1 atom stereocenters. The van der Waals surface area contributed by atoms with Crippen LogP contribution in [0.2, 0.25) is 0 Å². The van der Waals surface area contributed by atoms with Crippen molar-refractivity contribution in [2.24, 2.45) is 0 Å². The highest BCUT2D eigenvalue weighted by Gasteiger charge is 2.37. The predicted molar refractivity (Wildman–Crippen MR) is 86.5 cm³/mol. The van der Waals surface area contributed by atoms with Crippen molar-refractivity contribution in [2.45, 2.75) is 78.5 Å². The fourth-order valence-corrected chi connectivity index (χ4v) is 3.06. The second-order valence-corrected chi connectivity index (χ2v) is 5.73. The Labute approximate surface area is 129 Å². The lowest BCUT2D eigenvalue weighted by Crippen LogP contribution is -2.53. The van der Waals surface area contributed by atoms with Crippen molar-refractivity contribution in [1.29, 1.82) is 0 Å². The van der Waals surface area contributed by atoms with E-state index in [0.29, 0.717) is 6.04 Å². The zero-order chi connectivity index (χ0) is 15.9. The summed E-state index contributed by atoms with van der Waals surface area (Å²) in [6.07, 6.45) is 4.47. The van der Waals surface area contributed by atoms with Crippen molar-refractivity contribution in [2.75, 3.05) is 13.2 Å². The van der Waals surface area contributed by atoms with E-state index >= 15 is 0 Å². The van der Waals surface area contributed by atoms with E-state index in [1.807, 2.05) is 4.68 Å². The van der Waals surface area contributed by atoms with Crippen molar-refractivity contribution in [3.8, 4) is 0 Å². The molecule has 0 bridgehead atoms. The molecular weight excluding hydrogens is 264 g/mol. The molecule has 1 aromatic rings. The van der Waals surface area contributed by atoms with Gasteiger partial charge in [0.05, 0.1) is 5.60 Å². The van der Waals surface area contributed by atoms with E-state index in [4.69, 9.17) is 4.74 Å². The van der Waals surface area contributed by atoms with Gasteiger partial charge in [-0.15, -0.1) is 0 Å². The van der Waals surface area contributed by atoms with Crippen LogP contribution in [0, 0.1) is 0 Å². The van der Waals surface area contributed by atoms with Gasteiger partial charge < -0.3 is 10.1 Å². The summed E-state index contributed by atoms with van der Waals surface area (Å²) in [5, 5.41) is 7.95. The molecule has 1 rings (SSSR count). The van der Waals surface area contributed by atoms with Crippen molar-refractivity contribution in [1.82, 2.24) is 20.1 Å². The van der Waals surface area contributed by atoms with Gasteiger partial charge >= 0.3 is 0 Å². The molecule has 0 radical (unpaired) electrons. The molecule has 0 aliphatic carbocycles. The molecule has 5 nitrogen and oxygen atoms in total. The number of likely N-dealkylation sites (N-methyl/N-ethyl adjacent to an activating group) is 1. The van der Waals surface area contributed by atoms with Gasteiger partial charge in [0, 0.05) is 25.1 Å². The van der Waals surface area contributed by atoms with E-state index < -0.39 is 0 Å². The molecular formula is C16H32N4O. The normalized spacial score (nSPS) is 13.9. The van der Waals surface area contributed by atoms with E-state index in [1.54, 1.807) is 6.33 Å². The molecule has 0 aliphatic rings. The Morgan fingerprint density at radius 2 is 1.90 bits per heavy atom. The van der Waals surface area contributed by atoms with Gasteiger partial charge in [0.15, 0.2) is 0 Å². The minimum absolute atomic E-state index is 0.140. The summed E-state index contributed by atoms with van der Waals surface area (Å²) in [6.45, 7) is 14.6. The molecule has 0 saturated heterocycles. The van der Waals surface area contributed by atoms with E-state index in [9.17, 15) is 0 Å². The van der Waals surface area contributed by atoms with Gasteiger partial charge in [0.25, 0.3) is 0 Å². The summed E-state index contributed by atoms with van der Waals surface area (Å²) in [4.78, 5) is 4.46. The second kappa shape index (κ2) is 8.49. The first-order valence-corrected chi connectivity index (χ1v) is 8.30. The van der Waals surface area contributed by atoms with Crippen molar-refractivity contribution < 1.29 is 4.74 Å². The van der Waals surface area contributed by atoms with Gasteiger partial charge in [-0.3, -0.25) is 0 Å². The zero-order valence-corrected chi connectivity index (χ0v) is 14.5. The minimum Gasteiger partial charge on any atom is -0.374 e. The molecule has 0 amide bonds. The van der Waals surface area contributed by atoms with Crippen LogP contribution in [0.1, 0.15) is 66.3 Å². The molecule has 5 heteroatoms. The van der Waals surface area contributed by atoms with Gasteiger partial charge in [-0.05, 0) is 40.2 Å². The summed E-state index contributed by atoms with van der Waals surface area (Å²) < 4.78 is 8.18. The van der Waals surface area contributed by atoms with Crippen LogP contribution >= 0.6 is 0 Å². The van der Waals surface area contributed by atoms with Crippen LogP contribution in [0.5, 0.6) is 0 Å². The summed E-state index contributed by atoms with van der Waals surface area (Å²) >= 11 is 0. The Kier molecular flexibility index (Phi) is 7.32. The second-order valence-electron chi connectivity index (χ2n) is 5.73. The monoisotopic (exact) mass is 296 g/mol. The third-order valence-electron chi connectivity index (χ3n) is 4.24. The third-order valence-corrected chi connectivity index (χ3v) is 4.24. The lowest BCUT2D eigenvalue weighted by molar-refractivity contribution is -0.0721. The molecule has 1 unspecified atom stereocenters. The lowest BCUT2D eigenvalue weighted by atomic mass is 9.85. The summed E-state index contributed by atoms with van der Waals surface area (Å²) in [7, 11) is 0. The number of hydrogen-bond acceptors (Lipinski definition) is 4. The van der Waals surface area contributed by atoms with E-state index in [0.717, 1.165) is 38.2 Å². The number of aromatic nitrogens is 3. The van der Waals surface area contributed by atoms with Crippen LogP contribution in [0.4, 0.5) is 0 Å². The molecule has 1 aromatic heterocycles. The zero-order valence-electron chi connectivity index (χ0n) is 14.5. The Balaban J connectivity index is 3.02. The Hall–Kier alpha value is -0.940. The summed E-state index contributed by atoms with van der Waals surface area (Å²) in [5.41, 5.74) is -0.140. The van der Waals surface area contributed by atoms with Gasteiger partial charge in [0.1, 0.15) is 12.2 Å². The van der Waals surface area contributed by atoms with Crippen LogP contribution in [0.3, 0.4) is 0 Å². The van der Waals surface area contributed by atoms with Gasteiger partial charge in [0.2, 0.25) is 0 Å². The molecule has 1 N–H and O–H groups in total. The smallest absolute Gasteiger partial charge is 0.138 e. The van der Waals surface area contributed by atoms with Gasteiger partial charge in [-0.25, -0.2) is 9.67 Å². The predicted octanol–water partition coefficient (Wildman–Crippen LogP) is 2.97. The Bertz CT molecular complexity index is 399. The molecule has 0 aromatic carbocycles. The average molecular weight is 296 g/mol. The first kappa shape index (κ1) is 18.1. The molecule has 0 spiro atoms. The topological polar surface area (TPSA) is 52.0 Å². The molecule has 0 fully saturated rings. The van der Waals surface area contributed by atoms with Crippen LogP contribution in [-0.2, 0) is 11.2 Å². The summed E-state index contributed by atoms with van der Waals surface area (Å²) in [6, 6.07) is 0.577. The molecule has 1 heterocycles. The van der Waals surface area contributed by atoms with Crippen molar-refractivity contribution in [3.05, 3.63) is 12.2 Å². The van der Waals surface area contributed by atoms with Gasteiger partial charge in [-0.2, -0.15) is 5.10 Å². The Morgan fingerprint density at radius 3 is 2.38 bits per heavy atom. The SMILES string of the molecule is CCNC(Cc1ncnn1C(C)C)C(CC)(CC)OCC. The Morgan fingerprint density at radius 1 is 1.24 bits per heavy atom. The fraction of sp³-hybridized carbons (Fsp3) is 0.875. The van der Waals surface area contributed by atoms with E-state index in [1.165, 1.54) is 0 Å². The van der Waals surface area contributed by atoms with Crippen LogP contribution < -0.4 is 5.32 Å².